The van der Waals surface area contributed by atoms with Crippen LogP contribution in [0.4, 0.5) is 0 Å². The summed E-state index contributed by atoms with van der Waals surface area (Å²) in [6, 6.07) is 7.66. The van der Waals surface area contributed by atoms with Gasteiger partial charge in [-0.05, 0) is 50.0 Å². The van der Waals surface area contributed by atoms with Gasteiger partial charge in [-0.2, -0.15) is 0 Å². The van der Waals surface area contributed by atoms with Gasteiger partial charge in [0.1, 0.15) is 0 Å². The van der Waals surface area contributed by atoms with Crippen molar-refractivity contribution in [2.45, 2.75) is 33.2 Å². The number of amides is 2. The van der Waals surface area contributed by atoms with Gasteiger partial charge in [0.05, 0.1) is 0 Å². The Morgan fingerprint density at radius 3 is 2.32 bits per heavy atom. The Bertz CT molecular complexity index is 575. The number of rotatable bonds is 6. The molecule has 0 atom stereocenters. The van der Waals surface area contributed by atoms with Crippen molar-refractivity contribution < 1.29 is 9.59 Å². The molecule has 0 aliphatic carbocycles. The van der Waals surface area contributed by atoms with Crippen LogP contribution in [0.15, 0.2) is 24.3 Å². The highest BCUT2D eigenvalue weighted by Gasteiger charge is 2.23. The largest absolute Gasteiger partial charge is 0.341 e. The maximum absolute atomic E-state index is 12.6. The van der Waals surface area contributed by atoms with E-state index >= 15 is 0 Å². The molecular weight excluding hydrogens is 314 g/mol. The third kappa shape index (κ3) is 5.30. The second-order valence-electron chi connectivity index (χ2n) is 7.34. The number of carbonyl (C=O) groups excluding carboxylic acids is 2. The van der Waals surface area contributed by atoms with Crippen molar-refractivity contribution in [1.29, 1.82) is 0 Å². The van der Waals surface area contributed by atoms with Gasteiger partial charge in [0, 0.05) is 38.2 Å². The summed E-state index contributed by atoms with van der Waals surface area (Å²) in [7, 11) is 3.79. The summed E-state index contributed by atoms with van der Waals surface area (Å²) in [6.07, 6.45) is 2.12. The van der Waals surface area contributed by atoms with Crippen LogP contribution in [0.1, 0.15) is 42.6 Å². The zero-order valence-electron chi connectivity index (χ0n) is 15.9. The predicted octanol–water partition coefficient (Wildman–Crippen LogP) is 2.37. The molecule has 1 fully saturated rings. The van der Waals surface area contributed by atoms with Gasteiger partial charge in [-0.3, -0.25) is 9.59 Å². The molecule has 1 aromatic rings. The lowest BCUT2D eigenvalue weighted by atomic mass is 9.96. The Labute approximate surface area is 151 Å². The first-order valence-electron chi connectivity index (χ1n) is 9.20. The smallest absolute Gasteiger partial charge is 0.253 e. The average Bonchev–Trinajstić information content (AvgIpc) is 2.62. The number of benzene rings is 1. The van der Waals surface area contributed by atoms with Crippen molar-refractivity contribution in [1.82, 2.24) is 15.1 Å². The topological polar surface area (TPSA) is 52.7 Å². The van der Waals surface area contributed by atoms with Gasteiger partial charge in [-0.25, -0.2) is 0 Å². The van der Waals surface area contributed by atoms with E-state index in [0.29, 0.717) is 12.5 Å². The molecule has 138 valence electrons. The second kappa shape index (κ2) is 8.99. The Balaban J connectivity index is 1.91. The number of piperidine rings is 1. The molecule has 0 spiro atoms. The molecule has 0 radical (unpaired) electrons. The van der Waals surface area contributed by atoms with Crippen molar-refractivity contribution in [3.05, 3.63) is 35.4 Å². The highest BCUT2D eigenvalue weighted by molar-refractivity contribution is 5.94. The van der Waals surface area contributed by atoms with E-state index in [9.17, 15) is 9.59 Å². The molecular formula is C20H31N3O2. The molecule has 25 heavy (non-hydrogen) atoms. The summed E-state index contributed by atoms with van der Waals surface area (Å²) < 4.78 is 0. The Morgan fingerprint density at radius 1 is 1.20 bits per heavy atom. The fraction of sp³-hybridized carbons (Fsp3) is 0.600. The monoisotopic (exact) mass is 345 g/mol. The quantitative estimate of drug-likeness (QED) is 0.861. The molecule has 5 nitrogen and oxygen atoms in total. The van der Waals surface area contributed by atoms with Crippen LogP contribution in [0.5, 0.6) is 0 Å². The number of hydrogen-bond donors (Lipinski definition) is 1. The first-order valence-corrected chi connectivity index (χ1v) is 9.20. The summed E-state index contributed by atoms with van der Waals surface area (Å²) in [5, 5.41) is 3.22. The molecule has 1 aliphatic rings. The third-order valence-electron chi connectivity index (χ3n) is 4.89. The van der Waals surface area contributed by atoms with Crippen molar-refractivity contribution in [3.63, 3.8) is 0 Å². The van der Waals surface area contributed by atoms with E-state index in [0.717, 1.165) is 43.6 Å². The van der Waals surface area contributed by atoms with Crippen LogP contribution >= 0.6 is 0 Å². The zero-order chi connectivity index (χ0) is 18.4. The van der Waals surface area contributed by atoms with Crippen LogP contribution in [0.2, 0.25) is 0 Å². The molecule has 2 rings (SSSR count). The van der Waals surface area contributed by atoms with Crippen molar-refractivity contribution in [3.8, 4) is 0 Å². The van der Waals surface area contributed by atoms with Crippen LogP contribution in [-0.4, -0.2) is 55.3 Å². The normalized spacial score (nSPS) is 15.5. The van der Waals surface area contributed by atoms with E-state index in [1.54, 1.807) is 4.90 Å². The highest BCUT2D eigenvalue weighted by Crippen LogP contribution is 2.19. The van der Waals surface area contributed by atoms with Crippen molar-refractivity contribution in [2.24, 2.45) is 11.8 Å². The molecule has 1 aliphatic heterocycles. The molecule has 1 N–H and O–H groups in total. The fourth-order valence-corrected chi connectivity index (χ4v) is 3.36. The average molecular weight is 345 g/mol. The van der Waals surface area contributed by atoms with Gasteiger partial charge in [0.2, 0.25) is 5.91 Å². The second-order valence-corrected chi connectivity index (χ2v) is 7.34. The molecule has 1 saturated heterocycles. The summed E-state index contributed by atoms with van der Waals surface area (Å²) in [5.74, 6) is 0.910. The summed E-state index contributed by atoms with van der Waals surface area (Å²) >= 11 is 0. The van der Waals surface area contributed by atoms with Crippen molar-refractivity contribution in [2.75, 3.05) is 33.7 Å². The first-order chi connectivity index (χ1) is 11.9. The lowest BCUT2D eigenvalue weighted by molar-refractivity contribution is -0.133. The predicted molar refractivity (Wildman–Crippen MR) is 100 cm³/mol. The van der Waals surface area contributed by atoms with Crippen LogP contribution in [0.3, 0.4) is 0 Å². The van der Waals surface area contributed by atoms with E-state index < -0.39 is 0 Å². The third-order valence-corrected chi connectivity index (χ3v) is 4.89. The molecule has 1 heterocycles. The fourth-order valence-electron chi connectivity index (χ4n) is 3.36. The maximum Gasteiger partial charge on any atom is 0.253 e. The molecule has 0 aromatic heterocycles. The van der Waals surface area contributed by atoms with E-state index in [1.807, 2.05) is 57.1 Å². The lowest BCUT2D eigenvalue weighted by Crippen LogP contribution is -2.40. The molecule has 0 saturated carbocycles. The zero-order valence-corrected chi connectivity index (χ0v) is 15.9. The molecule has 2 amide bonds. The Kier molecular flexibility index (Phi) is 7.00. The Hall–Kier alpha value is -1.88. The Morgan fingerprint density at radius 2 is 1.80 bits per heavy atom. The molecule has 1 aromatic carbocycles. The summed E-state index contributed by atoms with van der Waals surface area (Å²) in [5.41, 5.74) is 1.77. The van der Waals surface area contributed by atoms with Gasteiger partial charge in [-0.1, -0.05) is 26.0 Å². The minimum absolute atomic E-state index is 0.00307. The van der Waals surface area contributed by atoms with Crippen LogP contribution in [0, 0.1) is 11.8 Å². The minimum atomic E-state index is -0.00307. The maximum atomic E-state index is 12.6. The molecule has 5 heteroatoms. The van der Waals surface area contributed by atoms with E-state index in [4.69, 9.17) is 0 Å². The SMILES string of the molecule is CNCC1CCN(C(=O)c2ccc(CN(C)C(=O)C(C)C)cc2)CC1. The number of nitrogens with zero attached hydrogens (tertiary/aromatic N) is 2. The molecule has 0 unspecified atom stereocenters. The van der Waals surface area contributed by atoms with Gasteiger partial charge in [0.25, 0.3) is 5.91 Å². The van der Waals surface area contributed by atoms with Gasteiger partial charge in [-0.15, -0.1) is 0 Å². The highest BCUT2D eigenvalue weighted by atomic mass is 16.2. The van der Waals surface area contributed by atoms with Crippen LogP contribution in [-0.2, 0) is 11.3 Å². The van der Waals surface area contributed by atoms with Crippen molar-refractivity contribution >= 4 is 11.8 Å². The number of nitrogens with one attached hydrogen (secondary N) is 1. The van der Waals surface area contributed by atoms with E-state index in [2.05, 4.69) is 5.32 Å². The summed E-state index contributed by atoms with van der Waals surface area (Å²) in [4.78, 5) is 28.3. The molecule has 0 bridgehead atoms. The van der Waals surface area contributed by atoms with Crippen LogP contribution in [0.25, 0.3) is 0 Å². The van der Waals surface area contributed by atoms with Gasteiger partial charge in [0.15, 0.2) is 0 Å². The number of likely N-dealkylation sites (tertiary alicyclic amines) is 1. The minimum Gasteiger partial charge on any atom is -0.341 e. The van der Waals surface area contributed by atoms with E-state index in [1.165, 1.54) is 0 Å². The summed E-state index contributed by atoms with van der Waals surface area (Å²) in [6.45, 7) is 7.07. The standard InChI is InChI=1S/C20H31N3O2/c1-15(2)19(24)22(4)14-17-5-7-18(8-6-17)20(25)23-11-9-16(10-12-23)13-21-3/h5-8,15-16,21H,9-14H2,1-4H3. The van der Waals surface area contributed by atoms with E-state index in [-0.39, 0.29) is 17.7 Å². The van der Waals surface area contributed by atoms with Gasteiger partial charge < -0.3 is 15.1 Å². The first kappa shape index (κ1) is 19.4. The van der Waals surface area contributed by atoms with Crippen LogP contribution < -0.4 is 5.32 Å². The number of hydrogen-bond acceptors (Lipinski definition) is 3. The lowest BCUT2D eigenvalue weighted by Gasteiger charge is -2.32. The number of carbonyl (C=O) groups is 2. The van der Waals surface area contributed by atoms with Gasteiger partial charge >= 0.3 is 0 Å².